The van der Waals surface area contributed by atoms with Crippen molar-refractivity contribution in [1.29, 1.82) is 0 Å². The van der Waals surface area contributed by atoms with Crippen molar-refractivity contribution in [2.75, 3.05) is 0 Å². The van der Waals surface area contributed by atoms with Crippen LogP contribution in [0.25, 0.3) is 83.4 Å². The zero-order chi connectivity index (χ0) is 32.7. The summed E-state index contributed by atoms with van der Waals surface area (Å²) in [4.78, 5) is 4.82. The lowest BCUT2D eigenvalue weighted by molar-refractivity contribution is 0.620. The molecule has 7 aromatic carbocycles. The van der Waals surface area contributed by atoms with Crippen molar-refractivity contribution >= 4 is 32.9 Å². The van der Waals surface area contributed by atoms with Crippen LogP contribution in [0, 0.1) is 0 Å². The second kappa shape index (κ2) is 12.1. The van der Waals surface area contributed by atoms with Gasteiger partial charge in [-0.05, 0) is 93.9 Å². The normalized spacial score (nSPS) is 11.5. The van der Waals surface area contributed by atoms with E-state index in [0.717, 1.165) is 40.8 Å². The molecule has 0 aliphatic carbocycles. The highest BCUT2D eigenvalue weighted by atomic mass is 16.3. The number of rotatable bonds is 7. The summed E-state index contributed by atoms with van der Waals surface area (Å²) >= 11 is 0. The molecule has 0 aliphatic heterocycles. The summed E-state index contributed by atoms with van der Waals surface area (Å²) in [6.07, 6.45) is 2.16. The number of para-hydroxylation sites is 2. The molecule has 9 rings (SSSR count). The number of hydrogen-bond donors (Lipinski definition) is 0. The van der Waals surface area contributed by atoms with E-state index in [-0.39, 0.29) is 0 Å². The van der Waals surface area contributed by atoms with E-state index in [0.29, 0.717) is 5.89 Å². The molecule has 0 unspecified atom stereocenters. The van der Waals surface area contributed by atoms with Gasteiger partial charge in [0, 0.05) is 22.0 Å². The average molecular weight is 631 g/mol. The van der Waals surface area contributed by atoms with E-state index in [9.17, 15) is 0 Å². The molecule has 0 bridgehead atoms. The highest BCUT2D eigenvalue weighted by Gasteiger charge is 2.15. The van der Waals surface area contributed by atoms with Gasteiger partial charge in [0.05, 0.1) is 11.0 Å². The van der Waals surface area contributed by atoms with Crippen LogP contribution >= 0.6 is 0 Å². The second-order valence-electron chi connectivity index (χ2n) is 12.7. The van der Waals surface area contributed by atoms with Crippen LogP contribution in [0.4, 0.5) is 0 Å². The molecule has 0 saturated carbocycles. The molecule has 0 N–H and O–H groups in total. The van der Waals surface area contributed by atoms with Crippen LogP contribution in [0.3, 0.4) is 0 Å². The molecule has 0 amide bonds. The third-order valence-corrected chi connectivity index (χ3v) is 9.59. The first-order chi connectivity index (χ1) is 24.2. The summed E-state index contributed by atoms with van der Waals surface area (Å²) in [7, 11) is 0. The molecule has 9 aromatic rings. The second-order valence-corrected chi connectivity index (χ2v) is 12.7. The van der Waals surface area contributed by atoms with Crippen LogP contribution in [-0.2, 0) is 6.42 Å². The summed E-state index contributed by atoms with van der Waals surface area (Å²) in [5.41, 5.74) is 14.7. The van der Waals surface area contributed by atoms with Crippen molar-refractivity contribution in [3.8, 4) is 50.5 Å². The predicted octanol–water partition coefficient (Wildman–Crippen LogP) is 12.5. The Hall–Kier alpha value is -6.19. The minimum Gasteiger partial charge on any atom is -0.436 e. The van der Waals surface area contributed by atoms with E-state index in [1.165, 1.54) is 55.2 Å². The Labute approximate surface area is 285 Å². The molecule has 0 radical (unpaired) electrons. The number of nitrogens with zero attached hydrogens (tertiary/aromatic N) is 2. The Morgan fingerprint density at radius 2 is 1.02 bits per heavy atom. The van der Waals surface area contributed by atoms with Crippen LogP contribution in [0.2, 0.25) is 0 Å². The van der Waals surface area contributed by atoms with Gasteiger partial charge in [-0.25, -0.2) is 4.98 Å². The first-order valence-electron chi connectivity index (χ1n) is 17.0. The molecule has 3 nitrogen and oxygen atoms in total. The van der Waals surface area contributed by atoms with Gasteiger partial charge in [0.15, 0.2) is 5.58 Å². The third kappa shape index (κ3) is 5.12. The van der Waals surface area contributed by atoms with Crippen molar-refractivity contribution in [1.82, 2.24) is 9.55 Å². The van der Waals surface area contributed by atoms with Gasteiger partial charge < -0.3 is 8.98 Å². The van der Waals surface area contributed by atoms with E-state index in [1.807, 2.05) is 6.07 Å². The fourth-order valence-electron chi connectivity index (χ4n) is 7.26. The van der Waals surface area contributed by atoms with Gasteiger partial charge in [0.25, 0.3) is 0 Å². The molecule has 0 spiro atoms. The van der Waals surface area contributed by atoms with Gasteiger partial charge in [0.2, 0.25) is 5.89 Å². The van der Waals surface area contributed by atoms with E-state index in [1.54, 1.807) is 0 Å². The molecule has 0 saturated heterocycles. The molecule has 3 heteroatoms. The first-order valence-corrected chi connectivity index (χ1v) is 17.0. The Morgan fingerprint density at radius 3 is 1.61 bits per heavy atom. The van der Waals surface area contributed by atoms with Crippen molar-refractivity contribution in [2.24, 2.45) is 0 Å². The largest absolute Gasteiger partial charge is 0.436 e. The van der Waals surface area contributed by atoms with E-state index >= 15 is 0 Å². The topological polar surface area (TPSA) is 31.0 Å². The quantitative estimate of drug-likeness (QED) is 0.175. The monoisotopic (exact) mass is 630 g/mol. The van der Waals surface area contributed by atoms with Gasteiger partial charge in [-0.2, -0.15) is 0 Å². The standard InChI is InChI=1S/C46H34N2O/c1-2-11-31-20-29-45-42(30-31)47-46(49-45)34-23-21-32(22-24-34)36-12-3-5-14-38(36)39-15-6-4-13-37(39)33-25-27-35(28-26-33)48-43-18-9-7-16-40(43)41-17-8-10-19-44(41)48/h3-10,12-30H,2,11H2,1H3. The molecule has 2 heterocycles. The third-order valence-electron chi connectivity index (χ3n) is 9.59. The van der Waals surface area contributed by atoms with E-state index < -0.39 is 0 Å². The lowest BCUT2D eigenvalue weighted by Gasteiger charge is -2.15. The van der Waals surface area contributed by atoms with Gasteiger partial charge in [-0.1, -0.05) is 129 Å². The molecule has 49 heavy (non-hydrogen) atoms. The van der Waals surface area contributed by atoms with Crippen LogP contribution in [0.15, 0.2) is 168 Å². The van der Waals surface area contributed by atoms with Crippen LogP contribution in [0.5, 0.6) is 0 Å². The fourth-order valence-corrected chi connectivity index (χ4v) is 7.26. The lowest BCUT2D eigenvalue weighted by atomic mass is 9.89. The number of aromatic nitrogens is 2. The summed E-state index contributed by atoms with van der Waals surface area (Å²) in [6, 6.07) is 58.6. The minimum atomic E-state index is 0.651. The molecule has 234 valence electrons. The minimum absolute atomic E-state index is 0.651. The van der Waals surface area contributed by atoms with Gasteiger partial charge in [-0.15, -0.1) is 0 Å². The van der Waals surface area contributed by atoms with Crippen molar-refractivity contribution < 1.29 is 4.42 Å². The van der Waals surface area contributed by atoms with Crippen LogP contribution < -0.4 is 0 Å². The van der Waals surface area contributed by atoms with Crippen molar-refractivity contribution in [2.45, 2.75) is 19.8 Å². The zero-order valence-electron chi connectivity index (χ0n) is 27.3. The Kier molecular flexibility index (Phi) is 7.17. The number of oxazole rings is 1. The van der Waals surface area contributed by atoms with Crippen molar-refractivity contribution in [3.63, 3.8) is 0 Å². The summed E-state index contributed by atoms with van der Waals surface area (Å²) in [5.74, 6) is 0.651. The highest BCUT2D eigenvalue weighted by molar-refractivity contribution is 6.09. The summed E-state index contributed by atoms with van der Waals surface area (Å²) in [6.45, 7) is 2.20. The molecule has 0 atom stereocenters. The smallest absolute Gasteiger partial charge is 0.227 e. The van der Waals surface area contributed by atoms with Gasteiger partial charge in [-0.3, -0.25) is 0 Å². The van der Waals surface area contributed by atoms with Crippen molar-refractivity contribution in [3.05, 3.63) is 169 Å². The molecular weight excluding hydrogens is 597 g/mol. The zero-order valence-corrected chi connectivity index (χ0v) is 27.3. The lowest BCUT2D eigenvalue weighted by Crippen LogP contribution is -1.94. The van der Waals surface area contributed by atoms with Crippen LogP contribution in [-0.4, -0.2) is 9.55 Å². The van der Waals surface area contributed by atoms with E-state index in [4.69, 9.17) is 9.40 Å². The predicted molar refractivity (Wildman–Crippen MR) is 204 cm³/mol. The van der Waals surface area contributed by atoms with Crippen LogP contribution in [0.1, 0.15) is 18.9 Å². The summed E-state index contributed by atoms with van der Waals surface area (Å²) < 4.78 is 8.52. The Morgan fingerprint density at radius 1 is 0.510 bits per heavy atom. The van der Waals surface area contributed by atoms with E-state index in [2.05, 4.69) is 169 Å². The Bertz CT molecular complexity index is 2550. The number of fused-ring (bicyclic) bond motifs is 4. The van der Waals surface area contributed by atoms with Gasteiger partial charge in [0.1, 0.15) is 5.52 Å². The molecular formula is C46H34N2O. The highest BCUT2D eigenvalue weighted by Crippen LogP contribution is 2.39. The number of aryl methyl sites for hydroxylation is 1. The molecule has 0 aliphatic rings. The maximum Gasteiger partial charge on any atom is 0.227 e. The maximum atomic E-state index is 6.15. The first kappa shape index (κ1) is 29.0. The van der Waals surface area contributed by atoms with Gasteiger partial charge >= 0.3 is 0 Å². The summed E-state index contributed by atoms with van der Waals surface area (Å²) in [5, 5.41) is 2.54. The number of hydrogen-bond acceptors (Lipinski definition) is 2. The molecule has 2 aromatic heterocycles. The fraction of sp³-hybridized carbons (Fsp3) is 0.0652. The Balaban J connectivity index is 1.06. The molecule has 0 fully saturated rings. The number of benzene rings is 7. The SMILES string of the molecule is CCCc1ccc2oc(-c3ccc(-c4ccccc4-c4ccccc4-c4ccc(-n5c6ccccc6c6ccccc65)cc4)cc3)nc2c1. The average Bonchev–Trinajstić information content (AvgIpc) is 3.74. The maximum absolute atomic E-state index is 6.15.